The van der Waals surface area contributed by atoms with Gasteiger partial charge in [0, 0.05) is 0 Å². The molecule has 1 aliphatic carbocycles. The molecule has 0 amide bonds. The first-order valence-corrected chi connectivity index (χ1v) is 11.9. The molecule has 1 aromatic rings. The quantitative estimate of drug-likeness (QED) is 0.265. The average Bonchev–Trinajstić information content (AvgIpc) is 2.82. The molecule has 1 unspecified atom stereocenters. The summed E-state index contributed by atoms with van der Waals surface area (Å²) in [6, 6.07) is 7.17. The first-order chi connectivity index (χ1) is 11.5. The van der Waals surface area contributed by atoms with E-state index in [1.54, 1.807) is 20.2 Å². The molecule has 0 saturated carbocycles. The van der Waals surface area contributed by atoms with Crippen molar-refractivity contribution in [2.24, 2.45) is 5.92 Å². The molecule has 0 aromatic heterocycles. The van der Waals surface area contributed by atoms with Crippen LogP contribution in [0.25, 0.3) is 0 Å². The molecule has 150 valence electrons. The predicted molar refractivity (Wildman–Crippen MR) is 106 cm³/mol. The first kappa shape index (κ1) is 29.7. The van der Waals surface area contributed by atoms with E-state index in [4.69, 9.17) is 0 Å². The van der Waals surface area contributed by atoms with Crippen molar-refractivity contribution in [2.75, 3.05) is 0 Å². The van der Waals surface area contributed by atoms with Crippen LogP contribution in [0.5, 0.6) is 0 Å². The van der Waals surface area contributed by atoms with Crippen molar-refractivity contribution in [3.8, 4) is 0 Å². The molecule has 0 heterocycles. The van der Waals surface area contributed by atoms with Crippen LogP contribution in [0.1, 0.15) is 70.4 Å². The number of unbranched alkanes of at least 4 members (excludes halogenated alkanes) is 2. The summed E-state index contributed by atoms with van der Waals surface area (Å²) in [5.74, 6) is 0.724. The molecule has 0 bridgehead atoms. The Labute approximate surface area is 199 Å². The molecule has 0 fully saturated rings. The second-order valence-electron chi connectivity index (χ2n) is 7.61. The van der Waals surface area contributed by atoms with Crippen LogP contribution in [0.4, 0.5) is 0 Å². The summed E-state index contributed by atoms with van der Waals surface area (Å²) in [4.78, 5) is 0. The van der Waals surface area contributed by atoms with Gasteiger partial charge in [-0.25, -0.2) is 0 Å². The Morgan fingerprint density at radius 2 is 1.59 bits per heavy atom. The van der Waals surface area contributed by atoms with Crippen LogP contribution in [-0.4, -0.2) is 9.52 Å². The van der Waals surface area contributed by atoms with Gasteiger partial charge in [-0.1, -0.05) is 0 Å². The Balaban J connectivity index is 0. The van der Waals surface area contributed by atoms with Crippen molar-refractivity contribution in [3.63, 3.8) is 0 Å². The van der Waals surface area contributed by atoms with E-state index in [-0.39, 0.29) is 46.7 Å². The molecule has 1 atom stereocenters. The average molecular weight is 480 g/mol. The minimum atomic E-state index is -0.331. The van der Waals surface area contributed by atoms with Gasteiger partial charge >= 0.3 is 164 Å². The van der Waals surface area contributed by atoms with Gasteiger partial charge in [0.05, 0.1) is 0 Å². The zero-order valence-corrected chi connectivity index (χ0v) is 22.6. The van der Waals surface area contributed by atoms with E-state index in [9.17, 15) is 0 Å². The number of hydrogen-bond donors (Lipinski definition) is 0. The second kappa shape index (κ2) is 14.5. The fraction of sp³-hybridized carbons (Fsp3) is 0.545. The van der Waals surface area contributed by atoms with E-state index in [0.717, 1.165) is 5.92 Å². The minimum absolute atomic E-state index is 0. The molecule has 0 spiro atoms. The van der Waals surface area contributed by atoms with Gasteiger partial charge in [-0.15, -0.1) is 0 Å². The Bertz CT molecular complexity index is 633. The van der Waals surface area contributed by atoms with Crippen LogP contribution in [-0.2, 0) is 20.4 Å². The van der Waals surface area contributed by atoms with Crippen molar-refractivity contribution in [3.05, 3.63) is 49.5 Å². The zero-order valence-electron chi connectivity index (χ0n) is 17.4. The Morgan fingerprint density at radius 1 is 1.00 bits per heavy atom. The maximum atomic E-state index is 2.44. The molecular weight excluding hydrogens is 447 g/mol. The van der Waals surface area contributed by atoms with Gasteiger partial charge in [-0.05, 0) is 0 Å². The van der Waals surface area contributed by atoms with Crippen molar-refractivity contribution < 1.29 is 57.7 Å². The third-order valence-corrected chi connectivity index (χ3v) is 8.16. The van der Waals surface area contributed by atoms with Crippen LogP contribution >= 0.6 is 0 Å². The standard InChI is InChI=1S/C22H33Si.3ClH.Ti/c1-6-8-9-10-19-14-21(18(5)7-2)22(15-19)23-20-12-16(3)11-17(4)13-20;;;;/h11-13,18H,6-10,15,23H2,1-5H3;3*1H;/q;;;;+3/p-3. The SMILES string of the molecule is CCCCCC1=[C]([Ti+3])C(C(C)CC)=C([SiH2]c2cc(C)cc(C)c2)C1.[Cl-].[Cl-].[Cl-]. The summed E-state index contributed by atoms with van der Waals surface area (Å²) in [7, 11) is -0.331. The molecule has 1 aromatic carbocycles. The summed E-state index contributed by atoms with van der Waals surface area (Å²) in [6.45, 7) is 11.6. The van der Waals surface area contributed by atoms with E-state index in [1.165, 1.54) is 49.7 Å². The van der Waals surface area contributed by atoms with E-state index < -0.39 is 0 Å². The van der Waals surface area contributed by atoms with Crippen molar-refractivity contribution >= 4 is 14.7 Å². The van der Waals surface area contributed by atoms with Gasteiger partial charge in [0.1, 0.15) is 0 Å². The molecule has 27 heavy (non-hydrogen) atoms. The molecule has 0 N–H and O–H groups in total. The summed E-state index contributed by atoms with van der Waals surface area (Å²) >= 11 is 2.41. The van der Waals surface area contributed by atoms with Gasteiger partial charge in [-0.2, -0.15) is 0 Å². The molecule has 0 nitrogen and oxygen atoms in total. The number of benzene rings is 1. The summed E-state index contributed by atoms with van der Waals surface area (Å²) in [5, 5.41) is 3.46. The van der Waals surface area contributed by atoms with Crippen LogP contribution in [0.3, 0.4) is 0 Å². The fourth-order valence-corrected chi connectivity index (χ4v) is 7.74. The third-order valence-electron chi connectivity index (χ3n) is 5.32. The molecule has 0 saturated heterocycles. The minimum Gasteiger partial charge on any atom is -1.00 e. The third kappa shape index (κ3) is 8.41. The van der Waals surface area contributed by atoms with Crippen molar-refractivity contribution in [1.82, 2.24) is 0 Å². The molecule has 0 aliphatic heterocycles. The van der Waals surface area contributed by atoms with Crippen LogP contribution in [0, 0.1) is 19.8 Å². The topological polar surface area (TPSA) is 0 Å². The summed E-state index contributed by atoms with van der Waals surface area (Å²) in [6.07, 6.45) is 7.94. The van der Waals surface area contributed by atoms with Gasteiger partial charge in [0.2, 0.25) is 0 Å². The fourth-order valence-electron chi connectivity index (χ4n) is 3.98. The number of allylic oxidation sites excluding steroid dienone is 4. The monoisotopic (exact) mass is 478 g/mol. The largest absolute Gasteiger partial charge is 1.00 e. The van der Waals surface area contributed by atoms with Crippen LogP contribution in [0.15, 0.2) is 38.4 Å². The second-order valence-corrected chi connectivity index (χ2v) is 10.4. The number of rotatable bonds is 8. The van der Waals surface area contributed by atoms with E-state index in [2.05, 4.69) is 73.3 Å². The van der Waals surface area contributed by atoms with E-state index >= 15 is 0 Å². The Morgan fingerprint density at radius 3 is 2.11 bits per heavy atom. The Hall–Kier alpha value is 0.501. The van der Waals surface area contributed by atoms with Crippen molar-refractivity contribution in [1.29, 1.82) is 0 Å². The van der Waals surface area contributed by atoms with Gasteiger partial charge in [0.15, 0.2) is 0 Å². The maximum absolute atomic E-state index is 2.44. The molecular formula is C22H33Cl3SiTi. The molecule has 1 aliphatic rings. The Kier molecular flexibility index (Phi) is 15.9. The summed E-state index contributed by atoms with van der Waals surface area (Å²) in [5.41, 5.74) is 6.35. The molecule has 0 radical (unpaired) electrons. The number of halogens is 3. The molecule has 5 heteroatoms. The van der Waals surface area contributed by atoms with Gasteiger partial charge < -0.3 is 37.2 Å². The first-order valence-electron chi connectivity index (χ1n) is 9.69. The predicted octanol–water partition coefficient (Wildman–Crippen LogP) is -3.81. The van der Waals surface area contributed by atoms with Gasteiger partial charge in [-0.3, -0.25) is 0 Å². The number of aryl methyl sites for hydroxylation is 2. The maximum Gasteiger partial charge on any atom is -1.00 e. The van der Waals surface area contributed by atoms with Crippen LogP contribution in [0.2, 0.25) is 0 Å². The van der Waals surface area contributed by atoms with Crippen LogP contribution < -0.4 is 42.4 Å². The van der Waals surface area contributed by atoms with Crippen molar-refractivity contribution in [2.45, 2.75) is 73.1 Å². The van der Waals surface area contributed by atoms with E-state index in [1.807, 2.05) is 5.20 Å². The smallest absolute Gasteiger partial charge is 1.00 e. The normalized spacial score (nSPS) is 14.9. The molecule has 2 rings (SSSR count). The van der Waals surface area contributed by atoms with E-state index in [0.29, 0.717) is 0 Å². The summed E-state index contributed by atoms with van der Waals surface area (Å²) < 4.78 is 1.66. The zero-order chi connectivity index (χ0) is 17.7. The number of hydrogen-bond acceptors (Lipinski definition) is 0. The van der Waals surface area contributed by atoms with Gasteiger partial charge in [0.25, 0.3) is 0 Å².